The lowest BCUT2D eigenvalue weighted by Crippen LogP contribution is -2.41. The van der Waals surface area contributed by atoms with Crippen molar-refractivity contribution in [2.24, 2.45) is 5.10 Å². The molecule has 3 rings (SSSR count). The second kappa shape index (κ2) is 12.4. The lowest BCUT2D eigenvalue weighted by molar-refractivity contribution is -0.139. The minimum Gasteiger partial charge on any atom is -0.483 e. The van der Waals surface area contributed by atoms with Gasteiger partial charge < -0.3 is 20.1 Å². The number of nitrogens with zero attached hydrogens (tertiary/aromatic N) is 1. The number of hydrogen-bond acceptors (Lipinski definition) is 6. The highest BCUT2D eigenvalue weighted by atomic mass is 35.5. The van der Waals surface area contributed by atoms with E-state index in [9.17, 15) is 27.6 Å². The Balaban J connectivity index is 1.53. The summed E-state index contributed by atoms with van der Waals surface area (Å²) in [6.45, 7) is 0.301. The van der Waals surface area contributed by atoms with Crippen LogP contribution in [-0.4, -0.2) is 49.8 Å². The summed E-state index contributed by atoms with van der Waals surface area (Å²) in [7, 11) is 0. The van der Waals surface area contributed by atoms with Crippen molar-refractivity contribution in [2.45, 2.75) is 25.1 Å². The van der Waals surface area contributed by atoms with Crippen LogP contribution in [0.5, 0.6) is 5.75 Å². The summed E-state index contributed by atoms with van der Waals surface area (Å²) < 4.78 is 49.3. The van der Waals surface area contributed by atoms with Crippen LogP contribution in [0.3, 0.4) is 0 Å². The van der Waals surface area contributed by atoms with Gasteiger partial charge in [0.15, 0.2) is 6.61 Å². The zero-order valence-corrected chi connectivity index (χ0v) is 19.5. The number of rotatable bonds is 8. The highest BCUT2D eigenvalue weighted by Crippen LogP contribution is 2.30. The summed E-state index contributed by atoms with van der Waals surface area (Å²) in [6.07, 6.45) is -1.81. The van der Waals surface area contributed by atoms with Gasteiger partial charge in [-0.2, -0.15) is 18.3 Å². The molecule has 0 aliphatic carbocycles. The van der Waals surface area contributed by atoms with E-state index in [-0.39, 0.29) is 29.6 Å². The van der Waals surface area contributed by atoms with E-state index < -0.39 is 36.1 Å². The molecule has 13 heteroatoms. The molecule has 0 bridgehead atoms. The second-order valence-corrected chi connectivity index (χ2v) is 8.08. The first-order chi connectivity index (χ1) is 17.1. The van der Waals surface area contributed by atoms with Gasteiger partial charge in [0.05, 0.1) is 17.9 Å². The van der Waals surface area contributed by atoms with Gasteiger partial charge in [-0.3, -0.25) is 14.4 Å². The number of hydrogen-bond donors (Lipinski definition) is 3. The minimum atomic E-state index is -4.55. The van der Waals surface area contributed by atoms with E-state index in [4.69, 9.17) is 21.1 Å². The van der Waals surface area contributed by atoms with Crippen molar-refractivity contribution >= 4 is 41.2 Å². The first kappa shape index (κ1) is 27.0. The zero-order chi connectivity index (χ0) is 26.1. The molecule has 0 spiro atoms. The number of nitrogens with one attached hydrogen (secondary N) is 3. The third kappa shape index (κ3) is 8.24. The van der Waals surface area contributed by atoms with Gasteiger partial charge in [-0.15, -0.1) is 0 Å². The molecule has 3 amide bonds. The van der Waals surface area contributed by atoms with Crippen molar-refractivity contribution in [2.75, 3.05) is 25.1 Å². The van der Waals surface area contributed by atoms with E-state index in [1.807, 2.05) is 0 Å². The van der Waals surface area contributed by atoms with Crippen LogP contribution >= 0.6 is 11.6 Å². The predicted octanol–water partition coefficient (Wildman–Crippen LogP) is 3.12. The average Bonchev–Trinajstić information content (AvgIpc) is 3.35. The van der Waals surface area contributed by atoms with Gasteiger partial charge in [-0.1, -0.05) is 17.7 Å². The summed E-state index contributed by atoms with van der Waals surface area (Å²) in [5.41, 5.74) is 1.40. The van der Waals surface area contributed by atoms with Crippen LogP contribution in [0.25, 0.3) is 0 Å². The molecule has 1 fully saturated rings. The van der Waals surface area contributed by atoms with E-state index in [2.05, 4.69) is 21.2 Å². The van der Waals surface area contributed by atoms with Gasteiger partial charge >= 0.3 is 18.0 Å². The van der Waals surface area contributed by atoms with Crippen molar-refractivity contribution in [3.05, 3.63) is 58.6 Å². The Morgan fingerprint density at radius 3 is 2.69 bits per heavy atom. The second-order valence-electron chi connectivity index (χ2n) is 7.64. The summed E-state index contributed by atoms with van der Waals surface area (Å²) in [4.78, 5) is 35.9. The van der Waals surface area contributed by atoms with E-state index in [0.717, 1.165) is 31.2 Å². The Kier molecular flexibility index (Phi) is 9.25. The molecular formula is C23H22ClF3N4O5. The SMILES string of the molecule is O=C(COc1ccc(Cl)cc1/C=N\NC(=O)C(=O)NC[C@@H]1CCCO1)Nc1cccc(C(F)(F)F)c1. The third-order valence-electron chi connectivity index (χ3n) is 4.89. The van der Waals surface area contributed by atoms with Crippen molar-refractivity contribution < 1.29 is 37.0 Å². The average molecular weight is 527 g/mol. The fraction of sp³-hybridized carbons (Fsp3) is 0.304. The molecule has 0 saturated carbocycles. The number of anilines is 1. The number of benzene rings is 2. The number of carbonyl (C=O) groups is 3. The van der Waals surface area contributed by atoms with E-state index in [1.54, 1.807) is 0 Å². The molecule has 1 aliphatic heterocycles. The Morgan fingerprint density at radius 2 is 1.97 bits per heavy atom. The molecule has 2 aromatic carbocycles. The molecule has 1 aliphatic rings. The number of ether oxygens (including phenoxy) is 2. The molecule has 36 heavy (non-hydrogen) atoms. The largest absolute Gasteiger partial charge is 0.483 e. The molecule has 192 valence electrons. The fourth-order valence-electron chi connectivity index (χ4n) is 3.17. The molecule has 0 radical (unpaired) electrons. The fourth-order valence-corrected chi connectivity index (χ4v) is 3.35. The van der Waals surface area contributed by atoms with Crippen LogP contribution < -0.4 is 20.8 Å². The van der Waals surface area contributed by atoms with Crippen molar-refractivity contribution in [3.63, 3.8) is 0 Å². The van der Waals surface area contributed by atoms with E-state index in [0.29, 0.717) is 11.6 Å². The van der Waals surface area contributed by atoms with E-state index >= 15 is 0 Å². The smallest absolute Gasteiger partial charge is 0.416 e. The first-order valence-electron chi connectivity index (χ1n) is 10.7. The van der Waals surface area contributed by atoms with Gasteiger partial charge in [0.2, 0.25) is 0 Å². The summed E-state index contributed by atoms with van der Waals surface area (Å²) in [5, 5.41) is 8.79. The van der Waals surface area contributed by atoms with Crippen LogP contribution in [-0.2, 0) is 25.3 Å². The minimum absolute atomic E-state index is 0.0446. The lowest BCUT2D eigenvalue weighted by atomic mass is 10.2. The standard InChI is InChI=1S/C23H22ClF3N4O5/c24-16-6-7-19(36-13-20(32)30-17-4-1-3-15(10-17)23(25,26)27)14(9-16)11-29-31-22(34)21(33)28-12-18-5-2-8-35-18/h1,3-4,6-7,9-11,18H,2,5,8,12-13H2,(H,28,33)(H,30,32)(H,31,34)/b29-11-/t18-/m0/s1. The third-order valence-corrected chi connectivity index (χ3v) is 5.13. The maximum absolute atomic E-state index is 12.8. The number of alkyl halides is 3. The van der Waals surface area contributed by atoms with Crippen LogP contribution in [0, 0.1) is 0 Å². The molecule has 0 unspecified atom stereocenters. The molecule has 3 N–H and O–H groups in total. The van der Waals surface area contributed by atoms with Crippen LogP contribution in [0.1, 0.15) is 24.0 Å². The number of carbonyl (C=O) groups excluding carboxylic acids is 3. The molecule has 9 nitrogen and oxygen atoms in total. The Bertz CT molecular complexity index is 1140. The molecule has 1 heterocycles. The molecular weight excluding hydrogens is 505 g/mol. The number of hydrazone groups is 1. The topological polar surface area (TPSA) is 118 Å². The molecule has 0 aromatic heterocycles. The molecule has 1 saturated heterocycles. The molecule has 2 aromatic rings. The highest BCUT2D eigenvalue weighted by Gasteiger charge is 2.30. The normalized spacial score (nSPS) is 15.5. The van der Waals surface area contributed by atoms with Gasteiger partial charge in [-0.25, -0.2) is 5.43 Å². The van der Waals surface area contributed by atoms with Crippen LogP contribution in [0.4, 0.5) is 18.9 Å². The first-order valence-corrected chi connectivity index (χ1v) is 11.1. The van der Waals surface area contributed by atoms with Gasteiger partial charge in [0.25, 0.3) is 5.91 Å². The zero-order valence-electron chi connectivity index (χ0n) is 18.7. The maximum atomic E-state index is 12.8. The predicted molar refractivity (Wildman–Crippen MR) is 125 cm³/mol. The van der Waals surface area contributed by atoms with Crippen molar-refractivity contribution in [3.8, 4) is 5.75 Å². The van der Waals surface area contributed by atoms with Crippen LogP contribution in [0.2, 0.25) is 5.02 Å². The van der Waals surface area contributed by atoms with Gasteiger partial charge in [0, 0.05) is 29.4 Å². The summed E-state index contributed by atoms with van der Waals surface area (Å²) in [6, 6.07) is 8.54. The summed E-state index contributed by atoms with van der Waals surface area (Å²) >= 11 is 5.98. The summed E-state index contributed by atoms with van der Waals surface area (Å²) in [5.74, 6) is -2.42. The van der Waals surface area contributed by atoms with Gasteiger partial charge in [-0.05, 0) is 49.2 Å². The van der Waals surface area contributed by atoms with Crippen molar-refractivity contribution in [1.29, 1.82) is 0 Å². The lowest BCUT2D eigenvalue weighted by Gasteiger charge is -2.12. The quantitative estimate of drug-likeness (QED) is 0.277. The van der Waals surface area contributed by atoms with Crippen LogP contribution in [0.15, 0.2) is 47.6 Å². The highest BCUT2D eigenvalue weighted by molar-refractivity contribution is 6.35. The van der Waals surface area contributed by atoms with Crippen molar-refractivity contribution in [1.82, 2.24) is 10.7 Å². The Hall–Kier alpha value is -3.64. The Morgan fingerprint density at radius 1 is 1.17 bits per heavy atom. The monoisotopic (exact) mass is 526 g/mol. The van der Waals surface area contributed by atoms with E-state index in [1.165, 1.54) is 30.3 Å². The molecule has 1 atom stereocenters. The number of halogens is 4. The maximum Gasteiger partial charge on any atom is 0.416 e. The van der Waals surface area contributed by atoms with Gasteiger partial charge in [0.1, 0.15) is 5.75 Å². The number of amides is 3. The Labute approximate surface area is 209 Å².